The second kappa shape index (κ2) is 9.32. The Morgan fingerprint density at radius 1 is 1.22 bits per heavy atom. The highest BCUT2D eigenvalue weighted by Crippen LogP contribution is 2.20. The van der Waals surface area contributed by atoms with Gasteiger partial charge in [-0.2, -0.15) is 0 Å². The first-order chi connectivity index (χ1) is 11.1. The number of hydrogen-bond donors (Lipinski definition) is 0. The van der Waals surface area contributed by atoms with Gasteiger partial charge in [-0.05, 0) is 37.0 Å². The van der Waals surface area contributed by atoms with Gasteiger partial charge in [-0.25, -0.2) is 0 Å². The normalized spacial score (nSPS) is 15.9. The van der Waals surface area contributed by atoms with Gasteiger partial charge in [0, 0.05) is 45.0 Å². The van der Waals surface area contributed by atoms with Crippen LogP contribution in [-0.4, -0.2) is 72.4 Å². The highest BCUT2D eigenvalue weighted by Gasteiger charge is 2.18. The van der Waals surface area contributed by atoms with Crippen molar-refractivity contribution in [3.05, 3.63) is 34.7 Å². The quantitative estimate of drug-likeness (QED) is 0.579. The zero-order valence-corrected chi connectivity index (χ0v) is 15.4. The molecule has 0 N–H and O–H groups in total. The number of rotatable bonds is 6. The Morgan fingerprint density at radius 3 is 2.43 bits per heavy atom. The van der Waals surface area contributed by atoms with Gasteiger partial charge in [0.05, 0.1) is 0 Å². The van der Waals surface area contributed by atoms with Gasteiger partial charge in [0.15, 0.2) is 0 Å². The number of likely N-dealkylation sites (N-methyl/N-ethyl adjacent to an activating group) is 1. The average molecular weight is 353 g/mol. The zero-order chi connectivity index (χ0) is 16.7. The minimum Gasteiger partial charge on any atom is -0.355 e. The molecule has 1 saturated heterocycles. The van der Waals surface area contributed by atoms with E-state index in [9.17, 15) is 4.91 Å². The number of nitrogens with zero attached hydrogens (tertiary/aromatic N) is 4. The predicted octanol–water partition coefficient (Wildman–Crippen LogP) is 2.78. The van der Waals surface area contributed by atoms with E-state index in [-0.39, 0.29) is 0 Å². The summed E-state index contributed by atoms with van der Waals surface area (Å²) in [5, 5.41) is 2.91. The van der Waals surface area contributed by atoms with Crippen LogP contribution in [0.15, 0.2) is 29.4 Å². The lowest BCUT2D eigenvalue weighted by Gasteiger charge is -2.36. The first kappa shape index (κ1) is 18.3. The average Bonchev–Trinajstić information content (AvgIpc) is 2.58. The van der Waals surface area contributed by atoms with Crippen molar-refractivity contribution in [1.82, 2.24) is 14.7 Å². The number of hydrogen-bond acceptors (Lipinski definition) is 6. The smallest absolute Gasteiger partial charge is 0.136 e. The molecule has 126 valence electrons. The molecular formula is C16H24N4OS2. The van der Waals surface area contributed by atoms with Crippen molar-refractivity contribution in [1.29, 1.82) is 0 Å². The zero-order valence-electron chi connectivity index (χ0n) is 13.8. The summed E-state index contributed by atoms with van der Waals surface area (Å²) in [6.45, 7) is 6.39. The molecule has 1 aromatic rings. The summed E-state index contributed by atoms with van der Waals surface area (Å²) < 4.78 is 0.967. The first-order valence-corrected chi connectivity index (χ1v) is 9.19. The van der Waals surface area contributed by atoms with Crippen LogP contribution >= 0.6 is 24.0 Å². The van der Waals surface area contributed by atoms with Gasteiger partial charge in [-0.1, -0.05) is 36.1 Å². The Morgan fingerprint density at radius 2 is 1.87 bits per heavy atom. The number of thioether (sulfide) groups is 1. The van der Waals surface area contributed by atoms with Crippen molar-refractivity contribution in [2.75, 3.05) is 53.4 Å². The summed E-state index contributed by atoms with van der Waals surface area (Å²) in [6, 6.07) is 7.36. The summed E-state index contributed by atoms with van der Waals surface area (Å²) in [7, 11) is 4.22. The van der Waals surface area contributed by atoms with Crippen LogP contribution < -0.4 is 0 Å². The molecule has 1 fully saturated rings. The van der Waals surface area contributed by atoms with Crippen LogP contribution in [0.25, 0.3) is 0 Å². The molecule has 5 nitrogen and oxygen atoms in total. The molecule has 0 amide bonds. The molecule has 23 heavy (non-hydrogen) atoms. The SMILES string of the molecule is CN(C)CCN1CCN(C(=S)SCc2ccc(N=O)cc2)CC1. The van der Waals surface area contributed by atoms with E-state index in [1.54, 1.807) is 23.9 Å². The third kappa shape index (κ3) is 6.18. The van der Waals surface area contributed by atoms with Crippen LogP contribution in [0.1, 0.15) is 5.56 Å². The highest BCUT2D eigenvalue weighted by atomic mass is 32.2. The van der Waals surface area contributed by atoms with E-state index in [4.69, 9.17) is 12.2 Å². The molecule has 0 spiro atoms. The lowest BCUT2D eigenvalue weighted by Crippen LogP contribution is -2.49. The van der Waals surface area contributed by atoms with E-state index in [2.05, 4.69) is 34.0 Å². The maximum atomic E-state index is 10.4. The van der Waals surface area contributed by atoms with Crippen molar-refractivity contribution in [3.63, 3.8) is 0 Å². The molecule has 1 aromatic carbocycles. The molecule has 0 bridgehead atoms. The summed E-state index contributed by atoms with van der Waals surface area (Å²) in [5.41, 5.74) is 1.63. The number of nitroso groups, excluding NO2 is 1. The van der Waals surface area contributed by atoms with Crippen LogP contribution in [0.3, 0.4) is 0 Å². The second-order valence-corrected chi connectivity index (χ2v) is 7.55. The molecule has 1 aliphatic heterocycles. The van der Waals surface area contributed by atoms with Crippen LogP contribution in [0.4, 0.5) is 5.69 Å². The van der Waals surface area contributed by atoms with E-state index in [1.165, 1.54) is 0 Å². The predicted molar refractivity (Wildman–Crippen MR) is 102 cm³/mol. The van der Waals surface area contributed by atoms with Gasteiger partial charge in [0.2, 0.25) is 0 Å². The van der Waals surface area contributed by atoms with E-state index in [1.807, 2.05) is 12.1 Å². The fraction of sp³-hybridized carbons (Fsp3) is 0.562. The third-order valence-electron chi connectivity index (χ3n) is 3.90. The molecule has 1 aliphatic rings. The number of piperazine rings is 1. The Kier molecular flexibility index (Phi) is 7.42. The maximum Gasteiger partial charge on any atom is 0.136 e. The molecule has 1 heterocycles. The largest absolute Gasteiger partial charge is 0.355 e. The Labute approximate surface area is 148 Å². The molecule has 0 atom stereocenters. The Bertz CT molecular complexity index is 513. The fourth-order valence-corrected chi connectivity index (χ4v) is 3.59. The van der Waals surface area contributed by atoms with Crippen molar-refractivity contribution < 1.29 is 0 Å². The fourth-order valence-electron chi connectivity index (χ4n) is 2.38. The summed E-state index contributed by atoms with van der Waals surface area (Å²) >= 11 is 7.25. The minimum atomic E-state index is 0.468. The van der Waals surface area contributed by atoms with Gasteiger partial charge < -0.3 is 9.80 Å². The number of thiocarbonyl (C=S) groups is 1. The van der Waals surface area contributed by atoms with Crippen molar-refractivity contribution >= 4 is 34.0 Å². The molecule has 0 aliphatic carbocycles. The van der Waals surface area contributed by atoms with Crippen molar-refractivity contribution in [3.8, 4) is 0 Å². The summed E-state index contributed by atoms with van der Waals surface area (Å²) in [6.07, 6.45) is 0. The summed E-state index contributed by atoms with van der Waals surface area (Å²) in [4.78, 5) is 17.4. The maximum absolute atomic E-state index is 10.4. The van der Waals surface area contributed by atoms with Crippen molar-refractivity contribution in [2.24, 2.45) is 5.18 Å². The highest BCUT2D eigenvalue weighted by molar-refractivity contribution is 8.22. The molecular weight excluding hydrogens is 328 g/mol. The van der Waals surface area contributed by atoms with Gasteiger partial charge in [0.1, 0.15) is 10.0 Å². The molecule has 7 heteroatoms. The van der Waals surface area contributed by atoms with Gasteiger partial charge in [-0.15, -0.1) is 4.91 Å². The van der Waals surface area contributed by atoms with Crippen LogP contribution in [-0.2, 0) is 5.75 Å². The first-order valence-electron chi connectivity index (χ1n) is 7.79. The number of benzene rings is 1. The molecule has 0 radical (unpaired) electrons. The Hall–Kier alpha value is -1.02. The van der Waals surface area contributed by atoms with E-state index >= 15 is 0 Å². The van der Waals surface area contributed by atoms with Crippen LogP contribution in [0.2, 0.25) is 0 Å². The lowest BCUT2D eigenvalue weighted by atomic mass is 10.2. The lowest BCUT2D eigenvalue weighted by molar-refractivity contribution is 0.172. The minimum absolute atomic E-state index is 0.468. The van der Waals surface area contributed by atoms with Crippen molar-refractivity contribution in [2.45, 2.75) is 5.75 Å². The van der Waals surface area contributed by atoms with Gasteiger partial charge in [0.25, 0.3) is 0 Å². The molecule has 0 saturated carbocycles. The second-order valence-electron chi connectivity index (χ2n) is 5.94. The third-order valence-corrected chi connectivity index (χ3v) is 5.49. The van der Waals surface area contributed by atoms with Gasteiger partial charge in [-0.3, -0.25) is 4.90 Å². The monoisotopic (exact) mass is 352 g/mol. The van der Waals surface area contributed by atoms with Crippen LogP contribution in [0.5, 0.6) is 0 Å². The van der Waals surface area contributed by atoms with Crippen LogP contribution in [0, 0.1) is 4.91 Å². The molecule has 2 rings (SSSR count). The van der Waals surface area contributed by atoms with E-state index in [0.29, 0.717) is 5.69 Å². The van der Waals surface area contributed by atoms with E-state index in [0.717, 1.165) is 54.9 Å². The standard InChI is InChI=1S/C16H24N4OS2/c1-18(2)7-8-19-9-11-20(12-10-19)16(22)23-13-14-3-5-15(17-21)6-4-14/h3-6H,7-13H2,1-2H3. The summed E-state index contributed by atoms with van der Waals surface area (Å²) in [5.74, 6) is 0.832. The van der Waals surface area contributed by atoms with E-state index < -0.39 is 0 Å². The Balaban J connectivity index is 1.71. The van der Waals surface area contributed by atoms with Gasteiger partial charge >= 0.3 is 0 Å². The molecule has 0 aromatic heterocycles. The molecule has 0 unspecified atom stereocenters. The topological polar surface area (TPSA) is 39.1 Å².